The van der Waals surface area contributed by atoms with Gasteiger partial charge in [0, 0.05) is 6.07 Å². The summed E-state index contributed by atoms with van der Waals surface area (Å²) in [5, 5.41) is 10.2. The monoisotopic (exact) mass is 205 g/mol. The Kier molecular flexibility index (Phi) is 2.67. The van der Waals surface area contributed by atoms with Crippen molar-refractivity contribution in [2.75, 3.05) is 7.11 Å². The molecule has 0 radical (unpaired) electrons. The van der Waals surface area contributed by atoms with Crippen LogP contribution in [-0.2, 0) is 0 Å². The summed E-state index contributed by atoms with van der Waals surface area (Å²) in [7, 11) is 1.25. The van der Waals surface area contributed by atoms with E-state index < -0.39 is 16.4 Å². The van der Waals surface area contributed by atoms with Crippen LogP contribution in [0.5, 0.6) is 5.75 Å². The van der Waals surface area contributed by atoms with Crippen molar-refractivity contribution in [3.63, 3.8) is 0 Å². The van der Waals surface area contributed by atoms with Gasteiger partial charge < -0.3 is 4.74 Å². The standard InChI is InChI=1S/C7H5ClFNO3/c1-13-7-2-4(8)5(9)3-6(7)10(11)12/h2-3H,1H3. The van der Waals surface area contributed by atoms with Crippen LogP contribution in [-0.4, -0.2) is 12.0 Å². The molecule has 0 fully saturated rings. The molecule has 70 valence electrons. The molecule has 0 aliphatic heterocycles. The zero-order valence-electron chi connectivity index (χ0n) is 6.58. The largest absolute Gasteiger partial charge is 0.490 e. The Balaban J connectivity index is 3.33. The van der Waals surface area contributed by atoms with E-state index in [0.717, 1.165) is 12.1 Å². The van der Waals surface area contributed by atoms with E-state index in [2.05, 4.69) is 4.74 Å². The average Bonchev–Trinajstić information content (AvgIpc) is 2.08. The lowest BCUT2D eigenvalue weighted by Crippen LogP contribution is -1.94. The minimum absolute atomic E-state index is 0.0589. The maximum Gasteiger partial charge on any atom is 0.313 e. The molecule has 1 aromatic carbocycles. The van der Waals surface area contributed by atoms with E-state index in [1.165, 1.54) is 7.11 Å². The quantitative estimate of drug-likeness (QED) is 0.550. The second-order valence-corrected chi connectivity index (χ2v) is 2.60. The lowest BCUT2D eigenvalue weighted by atomic mass is 10.3. The first-order valence-electron chi connectivity index (χ1n) is 3.23. The Morgan fingerprint density at radius 2 is 2.23 bits per heavy atom. The molecule has 0 aliphatic rings. The van der Waals surface area contributed by atoms with Gasteiger partial charge in [-0.25, -0.2) is 4.39 Å². The van der Waals surface area contributed by atoms with Gasteiger partial charge in [0.25, 0.3) is 0 Å². The summed E-state index contributed by atoms with van der Waals surface area (Å²) < 4.78 is 17.4. The number of nitro benzene ring substituents is 1. The maximum absolute atomic E-state index is 12.8. The lowest BCUT2D eigenvalue weighted by Gasteiger charge is -2.01. The summed E-state index contributed by atoms with van der Waals surface area (Å²) in [6, 6.07) is 1.79. The van der Waals surface area contributed by atoms with Crippen LogP contribution in [0, 0.1) is 15.9 Å². The minimum atomic E-state index is -0.839. The van der Waals surface area contributed by atoms with Gasteiger partial charge >= 0.3 is 5.69 Å². The SMILES string of the molecule is COc1cc(Cl)c(F)cc1[N+](=O)[O-]. The predicted octanol–water partition coefficient (Wildman–Crippen LogP) is 2.40. The molecule has 0 saturated heterocycles. The number of methoxy groups -OCH3 is 1. The molecule has 0 bridgehead atoms. The van der Waals surface area contributed by atoms with Crippen LogP contribution in [0.25, 0.3) is 0 Å². The summed E-state index contributed by atoms with van der Waals surface area (Å²) >= 11 is 5.39. The van der Waals surface area contributed by atoms with Crippen molar-refractivity contribution in [1.82, 2.24) is 0 Å². The summed E-state index contributed by atoms with van der Waals surface area (Å²) in [5.74, 6) is -0.898. The Hall–Kier alpha value is -1.36. The van der Waals surface area contributed by atoms with Gasteiger partial charge in [-0.05, 0) is 0 Å². The number of nitro groups is 1. The molecule has 1 aromatic rings. The van der Waals surface area contributed by atoms with Crippen LogP contribution < -0.4 is 4.74 Å². The Morgan fingerprint density at radius 1 is 1.62 bits per heavy atom. The third-order valence-electron chi connectivity index (χ3n) is 1.42. The highest BCUT2D eigenvalue weighted by molar-refractivity contribution is 6.31. The van der Waals surface area contributed by atoms with Gasteiger partial charge in [-0.1, -0.05) is 11.6 Å². The van der Waals surface area contributed by atoms with E-state index in [-0.39, 0.29) is 10.8 Å². The molecule has 0 heterocycles. The number of hydrogen-bond acceptors (Lipinski definition) is 3. The fourth-order valence-corrected chi connectivity index (χ4v) is 0.978. The van der Waals surface area contributed by atoms with Gasteiger partial charge in [0.2, 0.25) is 0 Å². The number of halogens is 2. The molecule has 0 spiro atoms. The molecule has 13 heavy (non-hydrogen) atoms. The molecule has 1 rings (SSSR count). The Morgan fingerprint density at radius 3 is 2.69 bits per heavy atom. The van der Waals surface area contributed by atoms with Gasteiger partial charge in [-0.3, -0.25) is 10.1 Å². The zero-order chi connectivity index (χ0) is 10.0. The first-order valence-corrected chi connectivity index (χ1v) is 3.61. The van der Waals surface area contributed by atoms with E-state index in [0.29, 0.717) is 0 Å². The van der Waals surface area contributed by atoms with Crippen molar-refractivity contribution in [1.29, 1.82) is 0 Å². The summed E-state index contributed by atoms with van der Waals surface area (Å²) in [4.78, 5) is 9.62. The number of ether oxygens (including phenoxy) is 1. The van der Waals surface area contributed by atoms with Crippen LogP contribution in [0.15, 0.2) is 12.1 Å². The minimum Gasteiger partial charge on any atom is -0.490 e. The molecule has 0 aliphatic carbocycles. The third kappa shape index (κ3) is 1.86. The molecule has 0 unspecified atom stereocenters. The molecule has 4 nitrogen and oxygen atoms in total. The molecular formula is C7H5ClFNO3. The van der Waals surface area contributed by atoms with Crippen molar-refractivity contribution < 1.29 is 14.1 Å². The third-order valence-corrected chi connectivity index (χ3v) is 1.71. The molecule has 0 saturated carbocycles. The zero-order valence-corrected chi connectivity index (χ0v) is 7.34. The number of hydrogen-bond donors (Lipinski definition) is 0. The first-order chi connectivity index (χ1) is 6.06. The highest BCUT2D eigenvalue weighted by Gasteiger charge is 2.17. The van der Waals surface area contributed by atoms with Crippen molar-refractivity contribution in [2.45, 2.75) is 0 Å². The lowest BCUT2D eigenvalue weighted by molar-refractivity contribution is -0.385. The van der Waals surface area contributed by atoms with E-state index >= 15 is 0 Å². The Bertz CT molecular complexity index is 356. The summed E-state index contributed by atoms with van der Waals surface area (Å²) in [6.45, 7) is 0. The van der Waals surface area contributed by atoms with Gasteiger partial charge in [0.1, 0.15) is 5.82 Å². The van der Waals surface area contributed by atoms with Crippen LogP contribution in [0.2, 0.25) is 5.02 Å². The summed E-state index contributed by atoms with van der Waals surface area (Å²) in [5.41, 5.74) is -0.440. The normalized spacial score (nSPS) is 9.77. The highest BCUT2D eigenvalue weighted by atomic mass is 35.5. The van der Waals surface area contributed by atoms with Gasteiger partial charge in [0.15, 0.2) is 5.75 Å². The first kappa shape index (κ1) is 9.73. The van der Waals surface area contributed by atoms with E-state index in [4.69, 9.17) is 11.6 Å². The van der Waals surface area contributed by atoms with Crippen molar-refractivity contribution in [2.24, 2.45) is 0 Å². The fraction of sp³-hybridized carbons (Fsp3) is 0.143. The number of benzene rings is 1. The molecule has 6 heteroatoms. The smallest absolute Gasteiger partial charge is 0.313 e. The highest BCUT2D eigenvalue weighted by Crippen LogP contribution is 2.31. The van der Waals surface area contributed by atoms with Gasteiger partial charge in [-0.2, -0.15) is 0 Å². The van der Waals surface area contributed by atoms with Crippen LogP contribution in [0.1, 0.15) is 0 Å². The number of nitrogens with zero attached hydrogens (tertiary/aromatic N) is 1. The topological polar surface area (TPSA) is 52.4 Å². The van der Waals surface area contributed by atoms with E-state index in [1.54, 1.807) is 0 Å². The summed E-state index contributed by atoms with van der Waals surface area (Å²) in [6.07, 6.45) is 0. The van der Waals surface area contributed by atoms with Gasteiger partial charge in [-0.15, -0.1) is 0 Å². The second-order valence-electron chi connectivity index (χ2n) is 2.20. The van der Waals surface area contributed by atoms with Crippen LogP contribution in [0.4, 0.5) is 10.1 Å². The molecule has 0 N–H and O–H groups in total. The van der Waals surface area contributed by atoms with Crippen LogP contribution >= 0.6 is 11.6 Å². The molecule has 0 amide bonds. The van der Waals surface area contributed by atoms with Crippen LogP contribution in [0.3, 0.4) is 0 Å². The molecular weight excluding hydrogens is 201 g/mol. The van der Waals surface area contributed by atoms with E-state index in [1.807, 2.05) is 0 Å². The Labute approximate surface area is 78.0 Å². The van der Waals surface area contributed by atoms with Crippen molar-refractivity contribution in [3.8, 4) is 5.75 Å². The van der Waals surface area contributed by atoms with Crippen molar-refractivity contribution >= 4 is 17.3 Å². The molecule has 0 atom stereocenters. The van der Waals surface area contributed by atoms with E-state index in [9.17, 15) is 14.5 Å². The second kappa shape index (κ2) is 3.57. The van der Waals surface area contributed by atoms with Crippen molar-refractivity contribution in [3.05, 3.63) is 33.1 Å². The molecule has 0 aromatic heterocycles. The average molecular weight is 206 g/mol. The van der Waals surface area contributed by atoms with Gasteiger partial charge in [0.05, 0.1) is 23.1 Å². The maximum atomic E-state index is 12.8. The predicted molar refractivity (Wildman–Crippen MR) is 44.6 cm³/mol. The number of rotatable bonds is 2. The fourth-order valence-electron chi connectivity index (χ4n) is 0.824.